The average Bonchev–Trinajstić information content (AvgIpc) is 2.96. The number of carbonyl (C=O) groups is 1. The predicted octanol–water partition coefficient (Wildman–Crippen LogP) is 1.11. The molecule has 2 rings (SSSR count). The van der Waals surface area contributed by atoms with Crippen LogP contribution in [0.4, 0.5) is 8.78 Å². The Bertz CT molecular complexity index is 603. The topological polar surface area (TPSA) is 75.7 Å². The zero-order valence-corrected chi connectivity index (χ0v) is 12.6. The zero-order chi connectivity index (χ0) is 15.5. The molecule has 0 radical (unpaired) electrons. The average molecular weight is 340 g/mol. The Morgan fingerprint density at radius 2 is 2.29 bits per heavy atom. The van der Waals surface area contributed by atoms with Gasteiger partial charge in [-0.25, -0.2) is 12.7 Å². The van der Waals surface area contributed by atoms with Gasteiger partial charge in [0.05, 0.1) is 5.75 Å². The molecule has 0 aliphatic carbocycles. The van der Waals surface area contributed by atoms with E-state index in [2.05, 4.69) is 10.1 Å². The van der Waals surface area contributed by atoms with Gasteiger partial charge in [0.15, 0.2) is 0 Å². The molecule has 10 heteroatoms. The molecule has 2 heterocycles. The number of ether oxygens (including phenoxy) is 1. The van der Waals surface area contributed by atoms with Gasteiger partial charge in [-0.15, -0.1) is 11.3 Å². The molecule has 1 amide bonds. The van der Waals surface area contributed by atoms with E-state index in [1.165, 1.54) is 15.8 Å². The van der Waals surface area contributed by atoms with Gasteiger partial charge in [0.25, 0.3) is 5.91 Å². The van der Waals surface area contributed by atoms with E-state index < -0.39 is 22.5 Å². The minimum absolute atomic E-state index is 0.0413. The summed E-state index contributed by atoms with van der Waals surface area (Å²) in [4.78, 5) is 11.9. The van der Waals surface area contributed by atoms with Gasteiger partial charge in [0, 0.05) is 19.6 Å². The van der Waals surface area contributed by atoms with Crippen LogP contribution in [0.1, 0.15) is 16.1 Å². The fourth-order valence-electron chi connectivity index (χ4n) is 1.97. The molecular weight excluding hydrogens is 326 g/mol. The van der Waals surface area contributed by atoms with Gasteiger partial charge in [-0.2, -0.15) is 8.78 Å². The SMILES string of the molecule is O=C(NCCN1CCCS1(=O)=O)c1sccc1OC(F)F. The van der Waals surface area contributed by atoms with E-state index in [0.717, 1.165) is 11.3 Å². The molecule has 0 unspecified atom stereocenters. The second-order valence-electron chi connectivity index (χ2n) is 4.32. The first kappa shape index (κ1) is 16.1. The molecule has 1 saturated heterocycles. The molecule has 0 spiro atoms. The molecular formula is C11H14F2N2O4S2. The molecule has 1 aliphatic rings. The minimum Gasteiger partial charge on any atom is -0.433 e. The first-order valence-corrected chi connectivity index (χ1v) is 8.67. The first-order valence-electron chi connectivity index (χ1n) is 6.18. The molecule has 6 nitrogen and oxygen atoms in total. The van der Waals surface area contributed by atoms with Crippen molar-refractivity contribution in [2.45, 2.75) is 13.0 Å². The molecule has 1 aromatic heterocycles. The summed E-state index contributed by atoms with van der Waals surface area (Å²) in [6, 6.07) is 1.29. The van der Waals surface area contributed by atoms with Crippen LogP contribution in [-0.4, -0.2) is 50.6 Å². The lowest BCUT2D eigenvalue weighted by Gasteiger charge is -2.14. The number of nitrogens with zero attached hydrogens (tertiary/aromatic N) is 1. The van der Waals surface area contributed by atoms with Crippen molar-refractivity contribution in [3.8, 4) is 5.75 Å². The van der Waals surface area contributed by atoms with Crippen LogP contribution >= 0.6 is 11.3 Å². The summed E-state index contributed by atoms with van der Waals surface area (Å²) in [7, 11) is -3.20. The van der Waals surface area contributed by atoms with Crippen LogP contribution in [0, 0.1) is 0 Å². The molecule has 1 aliphatic heterocycles. The van der Waals surface area contributed by atoms with E-state index in [-0.39, 0.29) is 29.5 Å². The third kappa shape index (κ3) is 4.11. The lowest BCUT2D eigenvalue weighted by atomic mass is 10.4. The predicted molar refractivity (Wildman–Crippen MR) is 73.3 cm³/mol. The van der Waals surface area contributed by atoms with Crippen molar-refractivity contribution < 1.29 is 26.7 Å². The van der Waals surface area contributed by atoms with Crippen molar-refractivity contribution in [2.24, 2.45) is 0 Å². The van der Waals surface area contributed by atoms with Crippen molar-refractivity contribution >= 4 is 27.3 Å². The molecule has 0 bridgehead atoms. The van der Waals surface area contributed by atoms with Gasteiger partial charge in [-0.05, 0) is 17.9 Å². The molecule has 1 N–H and O–H groups in total. The number of alkyl halides is 2. The van der Waals surface area contributed by atoms with Gasteiger partial charge in [-0.1, -0.05) is 0 Å². The van der Waals surface area contributed by atoms with E-state index in [9.17, 15) is 22.0 Å². The number of hydrogen-bond donors (Lipinski definition) is 1. The maximum Gasteiger partial charge on any atom is 0.387 e. The molecule has 21 heavy (non-hydrogen) atoms. The summed E-state index contributed by atoms with van der Waals surface area (Å²) in [5.41, 5.74) is 0. The summed E-state index contributed by atoms with van der Waals surface area (Å²) in [5, 5.41) is 3.97. The number of carbonyl (C=O) groups excluding carboxylic acids is 1. The maximum atomic E-state index is 12.2. The number of sulfonamides is 1. The number of thiophene rings is 1. The Morgan fingerprint density at radius 3 is 2.90 bits per heavy atom. The third-order valence-electron chi connectivity index (χ3n) is 2.90. The van der Waals surface area contributed by atoms with Crippen molar-refractivity contribution in [3.05, 3.63) is 16.3 Å². The van der Waals surface area contributed by atoms with Crippen molar-refractivity contribution in [1.29, 1.82) is 0 Å². The summed E-state index contributed by atoms with van der Waals surface area (Å²) in [6.07, 6.45) is 0.577. The van der Waals surface area contributed by atoms with Crippen LogP contribution in [0.5, 0.6) is 5.75 Å². The van der Waals surface area contributed by atoms with E-state index >= 15 is 0 Å². The molecule has 1 aromatic rings. The first-order chi connectivity index (χ1) is 9.90. The molecule has 0 saturated carbocycles. The monoisotopic (exact) mass is 340 g/mol. The number of rotatable bonds is 6. The summed E-state index contributed by atoms with van der Waals surface area (Å²) in [6.45, 7) is -2.27. The van der Waals surface area contributed by atoms with Crippen LogP contribution in [-0.2, 0) is 10.0 Å². The van der Waals surface area contributed by atoms with Crippen molar-refractivity contribution in [2.75, 3.05) is 25.4 Å². The second kappa shape index (κ2) is 6.67. The lowest BCUT2D eigenvalue weighted by Crippen LogP contribution is -2.35. The molecule has 1 fully saturated rings. The standard InChI is InChI=1S/C11H14F2N2O4S2/c12-11(13)19-8-2-6-20-9(8)10(16)14-3-5-15-4-1-7-21(15,17)18/h2,6,11H,1,3-5,7H2,(H,14,16). The smallest absolute Gasteiger partial charge is 0.387 e. The van der Waals surface area contributed by atoms with Crippen LogP contribution < -0.4 is 10.1 Å². The van der Waals surface area contributed by atoms with E-state index in [1.807, 2.05) is 0 Å². The van der Waals surface area contributed by atoms with Crippen LogP contribution in [0.3, 0.4) is 0 Å². The number of amides is 1. The molecule has 118 valence electrons. The van der Waals surface area contributed by atoms with E-state index in [4.69, 9.17) is 0 Å². The number of hydrogen-bond acceptors (Lipinski definition) is 5. The van der Waals surface area contributed by atoms with E-state index in [0.29, 0.717) is 13.0 Å². The Hall–Kier alpha value is -1.26. The maximum absolute atomic E-state index is 12.2. The third-order valence-corrected chi connectivity index (χ3v) is 5.75. The van der Waals surface area contributed by atoms with Gasteiger partial charge in [-0.3, -0.25) is 4.79 Å². The Labute approximate surface area is 124 Å². The summed E-state index contributed by atoms with van der Waals surface area (Å²) >= 11 is 0.980. The second-order valence-corrected chi connectivity index (χ2v) is 7.32. The minimum atomic E-state index is -3.20. The van der Waals surface area contributed by atoms with Gasteiger partial charge < -0.3 is 10.1 Å². The Morgan fingerprint density at radius 1 is 1.52 bits per heavy atom. The number of nitrogens with one attached hydrogen (secondary N) is 1. The fraction of sp³-hybridized carbons (Fsp3) is 0.545. The highest BCUT2D eigenvalue weighted by Crippen LogP contribution is 2.26. The fourth-order valence-corrected chi connectivity index (χ4v) is 4.24. The lowest BCUT2D eigenvalue weighted by molar-refractivity contribution is -0.0498. The van der Waals surface area contributed by atoms with Crippen molar-refractivity contribution in [1.82, 2.24) is 9.62 Å². The highest BCUT2D eigenvalue weighted by atomic mass is 32.2. The van der Waals surface area contributed by atoms with Crippen LogP contribution in [0.25, 0.3) is 0 Å². The van der Waals surface area contributed by atoms with Gasteiger partial charge >= 0.3 is 6.61 Å². The zero-order valence-electron chi connectivity index (χ0n) is 10.9. The van der Waals surface area contributed by atoms with Crippen LogP contribution in [0.2, 0.25) is 0 Å². The summed E-state index contributed by atoms with van der Waals surface area (Å²) in [5.74, 6) is -0.614. The van der Waals surface area contributed by atoms with Gasteiger partial charge in [0.1, 0.15) is 10.6 Å². The molecule has 0 aromatic carbocycles. The highest BCUT2D eigenvalue weighted by Gasteiger charge is 2.27. The van der Waals surface area contributed by atoms with E-state index in [1.54, 1.807) is 0 Å². The highest BCUT2D eigenvalue weighted by molar-refractivity contribution is 7.89. The van der Waals surface area contributed by atoms with Crippen LogP contribution in [0.15, 0.2) is 11.4 Å². The normalized spacial score (nSPS) is 18.0. The largest absolute Gasteiger partial charge is 0.433 e. The van der Waals surface area contributed by atoms with Gasteiger partial charge in [0.2, 0.25) is 10.0 Å². The van der Waals surface area contributed by atoms with Crippen molar-refractivity contribution in [3.63, 3.8) is 0 Å². The Kier molecular flexibility index (Phi) is 5.12. The quantitative estimate of drug-likeness (QED) is 0.842. The number of halogens is 2. The Balaban J connectivity index is 1.86. The molecule has 0 atom stereocenters. The summed E-state index contributed by atoms with van der Waals surface area (Å²) < 4.78 is 53.0.